The molecule has 0 bridgehead atoms. The first-order valence-electron chi connectivity index (χ1n) is 6.34. The second-order valence-electron chi connectivity index (χ2n) is 4.78. The Hall–Kier alpha value is -0.670. The van der Waals surface area contributed by atoms with Gasteiger partial charge in [-0.25, -0.2) is 0 Å². The van der Waals surface area contributed by atoms with Gasteiger partial charge in [-0.05, 0) is 62.1 Å². The summed E-state index contributed by atoms with van der Waals surface area (Å²) in [6.45, 7) is 1.03. The largest absolute Gasteiger partial charge is 0.393 e. The Kier molecular flexibility index (Phi) is 4.75. The second-order valence-corrected chi connectivity index (χ2v) is 5.66. The Bertz CT molecular complexity index is 331. The van der Waals surface area contributed by atoms with Crippen molar-refractivity contribution in [2.24, 2.45) is 5.92 Å². The van der Waals surface area contributed by atoms with Gasteiger partial charge in [0, 0.05) is 17.1 Å². The highest BCUT2D eigenvalue weighted by molar-refractivity contribution is 7.98. The van der Waals surface area contributed by atoms with E-state index in [0.717, 1.165) is 38.1 Å². The smallest absolute Gasteiger partial charge is 0.0540 e. The molecular weight excluding hydrogens is 230 g/mol. The monoisotopic (exact) mass is 251 g/mol. The zero-order valence-corrected chi connectivity index (χ0v) is 11.2. The zero-order chi connectivity index (χ0) is 12.1. The molecule has 1 aromatic carbocycles. The topological polar surface area (TPSA) is 32.3 Å². The molecule has 0 radical (unpaired) electrons. The maximum atomic E-state index is 9.45. The number of benzene rings is 1. The molecule has 0 saturated heterocycles. The SMILES string of the molecule is CSc1ccc(NCC2CCC(O)CC2)cc1. The predicted molar refractivity (Wildman–Crippen MR) is 74.7 cm³/mol. The van der Waals surface area contributed by atoms with Crippen LogP contribution in [0.25, 0.3) is 0 Å². The van der Waals surface area contributed by atoms with Crippen LogP contribution in [0.5, 0.6) is 0 Å². The van der Waals surface area contributed by atoms with E-state index in [1.807, 2.05) is 0 Å². The molecule has 0 aromatic heterocycles. The Balaban J connectivity index is 1.77. The minimum absolute atomic E-state index is 0.0490. The first-order valence-corrected chi connectivity index (χ1v) is 7.56. The van der Waals surface area contributed by atoms with Crippen molar-refractivity contribution in [3.63, 3.8) is 0 Å². The van der Waals surface area contributed by atoms with E-state index in [1.165, 1.54) is 10.6 Å². The fourth-order valence-corrected chi connectivity index (χ4v) is 2.73. The summed E-state index contributed by atoms with van der Waals surface area (Å²) in [6, 6.07) is 8.59. The van der Waals surface area contributed by atoms with Gasteiger partial charge in [-0.15, -0.1) is 11.8 Å². The molecule has 1 aliphatic rings. The minimum Gasteiger partial charge on any atom is -0.393 e. The Morgan fingerprint density at radius 1 is 1.18 bits per heavy atom. The molecule has 0 unspecified atom stereocenters. The van der Waals surface area contributed by atoms with Gasteiger partial charge in [0.2, 0.25) is 0 Å². The van der Waals surface area contributed by atoms with Crippen molar-refractivity contribution in [2.75, 3.05) is 18.1 Å². The zero-order valence-electron chi connectivity index (χ0n) is 10.4. The number of hydrogen-bond donors (Lipinski definition) is 2. The van der Waals surface area contributed by atoms with E-state index in [0.29, 0.717) is 0 Å². The summed E-state index contributed by atoms with van der Waals surface area (Å²) in [6.07, 6.45) is 6.28. The third-order valence-corrected chi connectivity index (χ3v) is 4.24. The molecule has 1 fully saturated rings. The van der Waals surface area contributed by atoms with Gasteiger partial charge in [0.25, 0.3) is 0 Å². The maximum Gasteiger partial charge on any atom is 0.0540 e. The lowest BCUT2D eigenvalue weighted by Crippen LogP contribution is -2.23. The van der Waals surface area contributed by atoms with E-state index in [4.69, 9.17) is 0 Å². The van der Waals surface area contributed by atoms with Gasteiger partial charge in [-0.3, -0.25) is 0 Å². The first kappa shape index (κ1) is 12.8. The molecule has 0 aliphatic heterocycles. The first-order chi connectivity index (χ1) is 8.28. The number of thioether (sulfide) groups is 1. The number of anilines is 1. The lowest BCUT2D eigenvalue weighted by atomic mass is 9.87. The van der Waals surface area contributed by atoms with Gasteiger partial charge < -0.3 is 10.4 Å². The van der Waals surface area contributed by atoms with Crippen molar-refractivity contribution in [3.05, 3.63) is 24.3 Å². The molecule has 1 aliphatic carbocycles. The molecular formula is C14H21NOS. The van der Waals surface area contributed by atoms with Crippen LogP contribution in [0.2, 0.25) is 0 Å². The summed E-state index contributed by atoms with van der Waals surface area (Å²) < 4.78 is 0. The van der Waals surface area contributed by atoms with Crippen molar-refractivity contribution >= 4 is 17.4 Å². The molecule has 0 heterocycles. The van der Waals surface area contributed by atoms with Crippen molar-refractivity contribution in [3.8, 4) is 0 Å². The molecule has 0 spiro atoms. The van der Waals surface area contributed by atoms with Crippen molar-refractivity contribution in [2.45, 2.75) is 36.7 Å². The van der Waals surface area contributed by atoms with Crippen LogP contribution in [-0.2, 0) is 0 Å². The molecule has 0 amide bonds. The summed E-state index contributed by atoms with van der Waals surface area (Å²) in [4.78, 5) is 1.30. The fraction of sp³-hybridized carbons (Fsp3) is 0.571. The van der Waals surface area contributed by atoms with Crippen LogP contribution < -0.4 is 5.32 Å². The second kappa shape index (κ2) is 6.31. The van der Waals surface area contributed by atoms with Crippen LogP contribution in [0.4, 0.5) is 5.69 Å². The molecule has 2 rings (SSSR count). The number of hydrogen-bond acceptors (Lipinski definition) is 3. The number of rotatable bonds is 4. The van der Waals surface area contributed by atoms with Crippen LogP contribution in [0.15, 0.2) is 29.2 Å². The van der Waals surface area contributed by atoms with Crippen LogP contribution in [0.3, 0.4) is 0 Å². The summed E-state index contributed by atoms with van der Waals surface area (Å²) in [7, 11) is 0. The molecule has 3 heteroatoms. The van der Waals surface area contributed by atoms with Crippen LogP contribution in [0, 0.1) is 5.92 Å². The lowest BCUT2D eigenvalue weighted by Gasteiger charge is -2.25. The van der Waals surface area contributed by atoms with Gasteiger partial charge in [0.1, 0.15) is 0 Å². The normalized spacial score (nSPS) is 24.6. The highest BCUT2D eigenvalue weighted by Crippen LogP contribution is 2.25. The standard InChI is InChI=1S/C14H21NOS/c1-17-14-8-4-12(5-9-14)15-10-11-2-6-13(16)7-3-11/h4-5,8-9,11,13,15-16H,2-3,6-7,10H2,1H3. The van der Waals surface area contributed by atoms with Gasteiger partial charge >= 0.3 is 0 Å². The van der Waals surface area contributed by atoms with Gasteiger partial charge in [-0.2, -0.15) is 0 Å². The van der Waals surface area contributed by atoms with E-state index in [1.54, 1.807) is 11.8 Å². The predicted octanol–water partition coefficient (Wildman–Crippen LogP) is 3.37. The Morgan fingerprint density at radius 3 is 2.41 bits per heavy atom. The molecule has 0 atom stereocenters. The summed E-state index contributed by atoms with van der Waals surface area (Å²) in [5, 5.41) is 12.9. The molecule has 17 heavy (non-hydrogen) atoms. The van der Waals surface area contributed by atoms with Crippen molar-refractivity contribution in [1.29, 1.82) is 0 Å². The van der Waals surface area contributed by atoms with Crippen LogP contribution in [0.1, 0.15) is 25.7 Å². The number of aliphatic hydroxyl groups is 1. The van der Waals surface area contributed by atoms with E-state index >= 15 is 0 Å². The minimum atomic E-state index is -0.0490. The molecule has 94 valence electrons. The van der Waals surface area contributed by atoms with E-state index in [2.05, 4.69) is 35.8 Å². The lowest BCUT2D eigenvalue weighted by molar-refractivity contribution is 0.111. The maximum absolute atomic E-state index is 9.45. The fourth-order valence-electron chi connectivity index (χ4n) is 2.32. The van der Waals surface area contributed by atoms with Gasteiger partial charge in [0.05, 0.1) is 6.10 Å². The number of nitrogens with one attached hydrogen (secondary N) is 1. The van der Waals surface area contributed by atoms with Gasteiger partial charge in [0.15, 0.2) is 0 Å². The third kappa shape index (κ3) is 3.93. The average molecular weight is 251 g/mol. The summed E-state index contributed by atoms with van der Waals surface area (Å²) in [5.41, 5.74) is 1.20. The molecule has 2 nitrogen and oxygen atoms in total. The molecule has 1 saturated carbocycles. The van der Waals surface area contributed by atoms with Crippen molar-refractivity contribution in [1.82, 2.24) is 0 Å². The highest BCUT2D eigenvalue weighted by atomic mass is 32.2. The quantitative estimate of drug-likeness (QED) is 0.805. The van der Waals surface area contributed by atoms with Gasteiger partial charge in [-0.1, -0.05) is 0 Å². The van der Waals surface area contributed by atoms with Crippen molar-refractivity contribution < 1.29 is 5.11 Å². The van der Waals surface area contributed by atoms with E-state index < -0.39 is 0 Å². The van der Waals surface area contributed by atoms with E-state index in [-0.39, 0.29) is 6.10 Å². The number of aliphatic hydroxyl groups excluding tert-OH is 1. The molecule has 1 aromatic rings. The highest BCUT2D eigenvalue weighted by Gasteiger charge is 2.18. The Labute approximate surface area is 108 Å². The summed E-state index contributed by atoms with van der Waals surface area (Å²) in [5.74, 6) is 0.721. The molecule has 2 N–H and O–H groups in total. The Morgan fingerprint density at radius 2 is 1.82 bits per heavy atom. The van der Waals surface area contributed by atoms with E-state index in [9.17, 15) is 5.11 Å². The summed E-state index contributed by atoms with van der Waals surface area (Å²) >= 11 is 1.77. The average Bonchev–Trinajstić information content (AvgIpc) is 2.39. The van der Waals surface area contributed by atoms with Crippen LogP contribution in [-0.4, -0.2) is 24.0 Å². The van der Waals surface area contributed by atoms with Crippen LogP contribution >= 0.6 is 11.8 Å². The third-order valence-electron chi connectivity index (χ3n) is 3.50.